The van der Waals surface area contributed by atoms with Crippen LogP contribution in [0.5, 0.6) is 0 Å². The predicted molar refractivity (Wildman–Crippen MR) is 58.2 cm³/mol. The average Bonchev–Trinajstić information content (AvgIpc) is 2.16. The Labute approximate surface area is 92.7 Å². The summed E-state index contributed by atoms with van der Waals surface area (Å²) in [4.78, 5) is 25.7. The molecule has 0 spiro atoms. The molecule has 0 saturated heterocycles. The van der Waals surface area contributed by atoms with Gasteiger partial charge in [0.25, 0.3) is 0 Å². The molecule has 3 N–H and O–H groups in total. The number of nitrogens with one attached hydrogen (secondary N) is 2. The van der Waals surface area contributed by atoms with Crippen molar-refractivity contribution in [2.75, 3.05) is 5.32 Å². The molecule has 1 heterocycles. The van der Waals surface area contributed by atoms with Gasteiger partial charge in [-0.1, -0.05) is 0 Å². The molecule has 0 aliphatic heterocycles. The number of hydrogen-bond acceptors (Lipinski definition) is 3. The molecule has 1 atom stereocenters. The molecule has 6 nitrogen and oxygen atoms in total. The van der Waals surface area contributed by atoms with Gasteiger partial charge < -0.3 is 15.7 Å². The fourth-order valence-electron chi connectivity index (χ4n) is 1.05. The normalized spacial score (nSPS) is 11.6. The van der Waals surface area contributed by atoms with Crippen molar-refractivity contribution in [1.29, 1.82) is 0 Å². The lowest BCUT2D eigenvalue weighted by atomic mass is 10.3. The Balaban J connectivity index is 2.55. The lowest BCUT2D eigenvalue weighted by molar-refractivity contribution is -0.138. The zero-order valence-corrected chi connectivity index (χ0v) is 9.02. The Morgan fingerprint density at radius 3 is 2.69 bits per heavy atom. The van der Waals surface area contributed by atoms with E-state index in [2.05, 4.69) is 15.6 Å². The summed E-state index contributed by atoms with van der Waals surface area (Å²) in [6.07, 6.45) is 3.14. The zero-order valence-electron chi connectivity index (χ0n) is 9.02. The van der Waals surface area contributed by atoms with E-state index in [9.17, 15) is 9.59 Å². The van der Waals surface area contributed by atoms with E-state index in [-0.39, 0.29) is 0 Å². The van der Waals surface area contributed by atoms with Gasteiger partial charge in [-0.15, -0.1) is 0 Å². The third-order valence-electron chi connectivity index (χ3n) is 1.85. The molecule has 1 aromatic rings. The van der Waals surface area contributed by atoms with E-state index in [4.69, 9.17) is 5.11 Å². The van der Waals surface area contributed by atoms with Crippen LogP contribution in [-0.2, 0) is 4.79 Å². The number of urea groups is 1. The number of carbonyl (C=O) groups is 2. The first-order valence-corrected chi connectivity index (χ1v) is 4.71. The third-order valence-corrected chi connectivity index (χ3v) is 1.85. The molecule has 6 heteroatoms. The van der Waals surface area contributed by atoms with Crippen LogP contribution in [0.3, 0.4) is 0 Å². The van der Waals surface area contributed by atoms with E-state index in [0.717, 1.165) is 5.56 Å². The largest absolute Gasteiger partial charge is 0.480 e. The van der Waals surface area contributed by atoms with E-state index in [1.165, 1.54) is 13.1 Å². The fourth-order valence-corrected chi connectivity index (χ4v) is 1.05. The Hall–Kier alpha value is -2.11. The van der Waals surface area contributed by atoms with Gasteiger partial charge in [0.15, 0.2) is 0 Å². The second-order valence-electron chi connectivity index (χ2n) is 3.41. The Kier molecular flexibility index (Phi) is 3.82. The molecule has 0 unspecified atom stereocenters. The number of carboxylic acid groups (broad SMARTS) is 1. The summed E-state index contributed by atoms with van der Waals surface area (Å²) in [6, 6.07) is 0.234. The summed E-state index contributed by atoms with van der Waals surface area (Å²) in [5, 5.41) is 13.3. The molecule has 0 saturated carbocycles. The standard InChI is InChI=1S/C10H13N3O3/c1-6-3-8(5-11-4-6)13-10(16)12-7(2)9(14)15/h3-5,7H,1-2H3,(H,14,15)(H2,12,13,16)/t7-/m0/s1. The maximum absolute atomic E-state index is 11.3. The first-order chi connectivity index (χ1) is 7.49. The second-order valence-corrected chi connectivity index (χ2v) is 3.41. The molecule has 2 amide bonds. The van der Waals surface area contributed by atoms with Gasteiger partial charge in [-0.2, -0.15) is 0 Å². The SMILES string of the molecule is Cc1cncc(NC(=O)N[C@@H](C)C(=O)O)c1. The van der Waals surface area contributed by atoms with Gasteiger partial charge in [-0.25, -0.2) is 4.79 Å². The van der Waals surface area contributed by atoms with Crippen LogP contribution in [0.2, 0.25) is 0 Å². The van der Waals surface area contributed by atoms with Crippen LogP contribution < -0.4 is 10.6 Å². The van der Waals surface area contributed by atoms with Gasteiger partial charge in [0, 0.05) is 6.20 Å². The highest BCUT2D eigenvalue weighted by Crippen LogP contribution is 2.06. The third kappa shape index (κ3) is 3.56. The van der Waals surface area contributed by atoms with Crippen molar-refractivity contribution in [2.45, 2.75) is 19.9 Å². The summed E-state index contributed by atoms with van der Waals surface area (Å²) in [5.41, 5.74) is 1.43. The van der Waals surface area contributed by atoms with Crippen LogP contribution in [-0.4, -0.2) is 28.1 Å². The summed E-state index contributed by atoms with van der Waals surface area (Å²) >= 11 is 0. The highest BCUT2D eigenvalue weighted by atomic mass is 16.4. The number of amides is 2. The van der Waals surface area contributed by atoms with Crippen LogP contribution in [0.1, 0.15) is 12.5 Å². The summed E-state index contributed by atoms with van der Waals surface area (Å²) in [5.74, 6) is -1.09. The Morgan fingerprint density at radius 1 is 1.44 bits per heavy atom. The zero-order chi connectivity index (χ0) is 12.1. The van der Waals surface area contributed by atoms with Gasteiger partial charge in [0.2, 0.25) is 0 Å². The second kappa shape index (κ2) is 5.11. The molecule has 86 valence electrons. The number of anilines is 1. The van der Waals surface area contributed by atoms with Crippen molar-refractivity contribution in [3.8, 4) is 0 Å². The number of aliphatic carboxylic acids is 1. The van der Waals surface area contributed by atoms with E-state index >= 15 is 0 Å². The number of nitrogens with zero attached hydrogens (tertiary/aromatic N) is 1. The molecule has 1 aromatic heterocycles. The summed E-state index contributed by atoms with van der Waals surface area (Å²) in [7, 11) is 0. The van der Waals surface area contributed by atoms with Gasteiger partial charge in [-0.05, 0) is 25.5 Å². The highest BCUT2D eigenvalue weighted by Gasteiger charge is 2.13. The van der Waals surface area contributed by atoms with Gasteiger partial charge in [0.05, 0.1) is 11.9 Å². The molecule has 0 bridgehead atoms. The molecule has 0 fully saturated rings. The number of aryl methyl sites for hydroxylation is 1. The number of aromatic nitrogens is 1. The number of hydrogen-bond donors (Lipinski definition) is 3. The number of carboxylic acids is 1. The lowest BCUT2D eigenvalue weighted by Gasteiger charge is -2.10. The lowest BCUT2D eigenvalue weighted by Crippen LogP contribution is -2.40. The number of rotatable bonds is 3. The summed E-state index contributed by atoms with van der Waals surface area (Å²) in [6.45, 7) is 3.23. The van der Waals surface area contributed by atoms with Gasteiger partial charge >= 0.3 is 12.0 Å². The molecular weight excluding hydrogens is 210 g/mol. The number of pyridine rings is 1. The van der Waals surface area contributed by atoms with Crippen LogP contribution in [0.15, 0.2) is 18.5 Å². The smallest absolute Gasteiger partial charge is 0.325 e. The molecule has 0 aromatic carbocycles. The van der Waals surface area contributed by atoms with E-state index in [1.807, 2.05) is 6.92 Å². The monoisotopic (exact) mass is 223 g/mol. The van der Waals surface area contributed by atoms with Crippen molar-refractivity contribution in [3.05, 3.63) is 24.0 Å². The number of carbonyl (C=O) groups excluding carboxylic acids is 1. The molecule has 1 rings (SSSR count). The van der Waals surface area contributed by atoms with E-state index in [0.29, 0.717) is 5.69 Å². The van der Waals surface area contributed by atoms with Crippen LogP contribution in [0.25, 0.3) is 0 Å². The van der Waals surface area contributed by atoms with Gasteiger partial charge in [-0.3, -0.25) is 9.78 Å². The predicted octanol–water partition coefficient (Wildman–Crippen LogP) is 0.985. The van der Waals surface area contributed by atoms with Crippen molar-refractivity contribution in [1.82, 2.24) is 10.3 Å². The Bertz CT molecular complexity index is 406. The first kappa shape index (κ1) is 12.0. The van der Waals surface area contributed by atoms with Crippen LogP contribution >= 0.6 is 0 Å². The minimum Gasteiger partial charge on any atom is -0.480 e. The summed E-state index contributed by atoms with van der Waals surface area (Å²) < 4.78 is 0. The first-order valence-electron chi connectivity index (χ1n) is 4.71. The molecule has 16 heavy (non-hydrogen) atoms. The Morgan fingerprint density at radius 2 is 2.12 bits per heavy atom. The molecular formula is C10H13N3O3. The van der Waals surface area contributed by atoms with E-state index < -0.39 is 18.0 Å². The van der Waals surface area contributed by atoms with Crippen molar-refractivity contribution in [3.63, 3.8) is 0 Å². The average molecular weight is 223 g/mol. The minimum absolute atomic E-state index is 0.523. The molecule has 0 aliphatic rings. The highest BCUT2D eigenvalue weighted by molar-refractivity contribution is 5.91. The van der Waals surface area contributed by atoms with Gasteiger partial charge in [0.1, 0.15) is 6.04 Å². The fraction of sp³-hybridized carbons (Fsp3) is 0.300. The minimum atomic E-state index is -1.09. The van der Waals surface area contributed by atoms with Crippen LogP contribution in [0, 0.1) is 6.92 Å². The van der Waals surface area contributed by atoms with Crippen molar-refractivity contribution < 1.29 is 14.7 Å². The molecule has 0 aliphatic carbocycles. The maximum Gasteiger partial charge on any atom is 0.325 e. The maximum atomic E-state index is 11.3. The molecule has 0 radical (unpaired) electrons. The van der Waals surface area contributed by atoms with E-state index in [1.54, 1.807) is 12.3 Å². The topological polar surface area (TPSA) is 91.3 Å². The van der Waals surface area contributed by atoms with Crippen LogP contribution in [0.4, 0.5) is 10.5 Å². The quantitative estimate of drug-likeness (QED) is 0.712. The van der Waals surface area contributed by atoms with Crippen molar-refractivity contribution in [2.24, 2.45) is 0 Å². The van der Waals surface area contributed by atoms with Crippen molar-refractivity contribution >= 4 is 17.7 Å².